The SMILES string of the molecule is CC1CN(c2ccccc2C(=O)O)C(=O)N1. The van der Waals surface area contributed by atoms with Crippen molar-refractivity contribution in [1.29, 1.82) is 0 Å². The van der Waals surface area contributed by atoms with Gasteiger partial charge in [0.25, 0.3) is 0 Å². The van der Waals surface area contributed by atoms with Crippen molar-refractivity contribution in [2.75, 3.05) is 11.4 Å². The van der Waals surface area contributed by atoms with Gasteiger partial charge in [-0.15, -0.1) is 0 Å². The maximum absolute atomic E-state index is 11.6. The van der Waals surface area contributed by atoms with Crippen LogP contribution in [0.25, 0.3) is 0 Å². The zero-order chi connectivity index (χ0) is 11.7. The lowest BCUT2D eigenvalue weighted by Gasteiger charge is -2.16. The molecule has 2 rings (SSSR count). The van der Waals surface area contributed by atoms with Crippen molar-refractivity contribution in [3.8, 4) is 0 Å². The van der Waals surface area contributed by atoms with Gasteiger partial charge in [-0.05, 0) is 19.1 Å². The predicted octanol–water partition coefficient (Wildman–Crippen LogP) is 1.30. The van der Waals surface area contributed by atoms with Gasteiger partial charge in [-0.3, -0.25) is 4.90 Å². The van der Waals surface area contributed by atoms with Crippen LogP contribution in [0.15, 0.2) is 24.3 Å². The molecule has 1 heterocycles. The molecule has 1 saturated heterocycles. The molecule has 84 valence electrons. The predicted molar refractivity (Wildman–Crippen MR) is 58.7 cm³/mol. The summed E-state index contributed by atoms with van der Waals surface area (Å²) in [5, 5.41) is 11.7. The molecule has 1 aliphatic rings. The normalized spacial score (nSPS) is 19.7. The molecule has 0 spiro atoms. The Bertz CT molecular complexity index is 445. The van der Waals surface area contributed by atoms with Gasteiger partial charge in [-0.25, -0.2) is 9.59 Å². The lowest BCUT2D eigenvalue weighted by molar-refractivity contribution is 0.0697. The standard InChI is InChI=1S/C11H12N2O3/c1-7-6-13(11(16)12-7)9-5-3-2-4-8(9)10(14)15/h2-5,7H,6H2,1H3,(H,12,16)(H,14,15). The van der Waals surface area contributed by atoms with Crippen LogP contribution in [0.1, 0.15) is 17.3 Å². The van der Waals surface area contributed by atoms with Crippen LogP contribution in [-0.2, 0) is 0 Å². The third-order valence-electron chi connectivity index (χ3n) is 2.50. The summed E-state index contributed by atoms with van der Waals surface area (Å²) in [6.45, 7) is 2.37. The zero-order valence-corrected chi connectivity index (χ0v) is 8.80. The maximum Gasteiger partial charge on any atom is 0.337 e. The number of carbonyl (C=O) groups is 2. The van der Waals surface area contributed by atoms with Crippen LogP contribution in [0.5, 0.6) is 0 Å². The number of nitrogens with zero attached hydrogens (tertiary/aromatic N) is 1. The number of carbonyl (C=O) groups excluding carboxylic acids is 1. The first-order valence-electron chi connectivity index (χ1n) is 5.00. The first-order valence-corrected chi connectivity index (χ1v) is 5.00. The van der Waals surface area contributed by atoms with E-state index >= 15 is 0 Å². The van der Waals surface area contributed by atoms with Gasteiger partial charge in [-0.1, -0.05) is 12.1 Å². The lowest BCUT2D eigenvalue weighted by Crippen LogP contribution is -2.29. The van der Waals surface area contributed by atoms with Gasteiger partial charge in [0.2, 0.25) is 0 Å². The number of carboxylic acids is 1. The molecular formula is C11H12N2O3. The summed E-state index contributed by atoms with van der Waals surface area (Å²) in [6, 6.07) is 6.28. The number of amides is 2. The van der Waals surface area contributed by atoms with E-state index in [1.54, 1.807) is 18.2 Å². The van der Waals surface area contributed by atoms with Gasteiger partial charge in [-0.2, -0.15) is 0 Å². The molecule has 2 N–H and O–H groups in total. The Balaban J connectivity index is 2.40. The summed E-state index contributed by atoms with van der Waals surface area (Å²) >= 11 is 0. The molecule has 16 heavy (non-hydrogen) atoms. The van der Waals surface area contributed by atoms with E-state index in [0.717, 1.165) is 0 Å². The first kappa shape index (κ1) is 10.5. The maximum atomic E-state index is 11.6. The molecule has 1 unspecified atom stereocenters. The Morgan fingerprint density at radius 1 is 1.50 bits per heavy atom. The second-order valence-corrected chi connectivity index (χ2v) is 3.78. The molecule has 1 atom stereocenters. The molecular weight excluding hydrogens is 208 g/mol. The highest BCUT2D eigenvalue weighted by molar-refractivity contribution is 6.02. The molecule has 0 aromatic heterocycles. The monoisotopic (exact) mass is 220 g/mol. The number of benzene rings is 1. The second kappa shape index (κ2) is 3.84. The number of nitrogens with one attached hydrogen (secondary N) is 1. The molecule has 0 saturated carbocycles. The Kier molecular flexibility index (Phi) is 2.52. The highest BCUT2D eigenvalue weighted by Crippen LogP contribution is 2.23. The van der Waals surface area contributed by atoms with Crippen molar-refractivity contribution < 1.29 is 14.7 Å². The van der Waals surface area contributed by atoms with Crippen molar-refractivity contribution in [2.45, 2.75) is 13.0 Å². The summed E-state index contributed by atoms with van der Waals surface area (Å²) in [5.41, 5.74) is 0.587. The molecule has 1 aliphatic heterocycles. The van der Waals surface area contributed by atoms with Crippen LogP contribution in [0, 0.1) is 0 Å². The topological polar surface area (TPSA) is 69.6 Å². The highest BCUT2D eigenvalue weighted by Gasteiger charge is 2.29. The summed E-state index contributed by atoms with van der Waals surface area (Å²) < 4.78 is 0. The smallest absolute Gasteiger partial charge is 0.337 e. The second-order valence-electron chi connectivity index (χ2n) is 3.78. The first-order chi connectivity index (χ1) is 7.59. The van der Waals surface area contributed by atoms with Crippen molar-refractivity contribution in [3.63, 3.8) is 0 Å². The minimum Gasteiger partial charge on any atom is -0.478 e. The van der Waals surface area contributed by atoms with Crippen molar-refractivity contribution in [1.82, 2.24) is 5.32 Å². The Morgan fingerprint density at radius 3 is 2.75 bits per heavy atom. The third kappa shape index (κ3) is 1.71. The van der Waals surface area contributed by atoms with Gasteiger partial charge in [0.1, 0.15) is 0 Å². The van der Waals surface area contributed by atoms with E-state index in [1.807, 2.05) is 6.92 Å². The molecule has 1 aromatic rings. The van der Waals surface area contributed by atoms with Gasteiger partial charge in [0.05, 0.1) is 11.3 Å². The van der Waals surface area contributed by atoms with E-state index < -0.39 is 5.97 Å². The van der Waals surface area contributed by atoms with Crippen LogP contribution < -0.4 is 10.2 Å². The van der Waals surface area contributed by atoms with E-state index in [1.165, 1.54) is 11.0 Å². The highest BCUT2D eigenvalue weighted by atomic mass is 16.4. The van der Waals surface area contributed by atoms with E-state index in [-0.39, 0.29) is 17.6 Å². The molecule has 0 bridgehead atoms. The van der Waals surface area contributed by atoms with E-state index in [2.05, 4.69) is 5.32 Å². The van der Waals surface area contributed by atoms with Crippen molar-refractivity contribution in [3.05, 3.63) is 29.8 Å². The van der Waals surface area contributed by atoms with Crippen molar-refractivity contribution >= 4 is 17.7 Å². The summed E-state index contributed by atoms with van der Waals surface area (Å²) in [4.78, 5) is 24.0. The average Bonchev–Trinajstić information content (AvgIpc) is 2.57. The molecule has 5 heteroatoms. The number of rotatable bonds is 2. The summed E-state index contributed by atoms with van der Waals surface area (Å²) in [5.74, 6) is -1.03. The molecule has 2 amide bonds. The van der Waals surface area contributed by atoms with Crippen LogP contribution in [0.4, 0.5) is 10.5 Å². The Hall–Kier alpha value is -2.04. The number of aromatic carboxylic acids is 1. The number of carboxylic acid groups (broad SMARTS) is 1. The Labute approximate surface area is 92.7 Å². The largest absolute Gasteiger partial charge is 0.478 e. The third-order valence-corrected chi connectivity index (χ3v) is 2.50. The van der Waals surface area contributed by atoms with Crippen LogP contribution in [0.2, 0.25) is 0 Å². The van der Waals surface area contributed by atoms with Crippen LogP contribution >= 0.6 is 0 Å². The fraction of sp³-hybridized carbons (Fsp3) is 0.273. The van der Waals surface area contributed by atoms with Gasteiger partial charge in [0.15, 0.2) is 0 Å². The number of hydrogen-bond acceptors (Lipinski definition) is 2. The molecule has 1 aromatic carbocycles. The number of urea groups is 1. The zero-order valence-electron chi connectivity index (χ0n) is 8.80. The molecule has 1 fully saturated rings. The quantitative estimate of drug-likeness (QED) is 0.789. The van der Waals surface area contributed by atoms with Crippen molar-refractivity contribution in [2.24, 2.45) is 0 Å². The van der Waals surface area contributed by atoms with E-state index in [4.69, 9.17) is 5.11 Å². The summed E-state index contributed by atoms with van der Waals surface area (Å²) in [7, 11) is 0. The average molecular weight is 220 g/mol. The summed E-state index contributed by atoms with van der Waals surface area (Å²) in [6.07, 6.45) is 0. The van der Waals surface area contributed by atoms with Gasteiger partial charge in [0, 0.05) is 12.6 Å². The fourth-order valence-corrected chi connectivity index (χ4v) is 1.79. The van der Waals surface area contributed by atoms with Gasteiger partial charge < -0.3 is 10.4 Å². The molecule has 0 aliphatic carbocycles. The molecule has 5 nitrogen and oxygen atoms in total. The number of hydrogen-bond donors (Lipinski definition) is 2. The van der Waals surface area contributed by atoms with E-state index in [0.29, 0.717) is 12.2 Å². The minimum absolute atomic E-state index is 0.0364. The lowest BCUT2D eigenvalue weighted by atomic mass is 10.1. The Morgan fingerprint density at radius 2 is 2.19 bits per heavy atom. The van der Waals surface area contributed by atoms with Crippen LogP contribution in [-0.4, -0.2) is 29.7 Å². The van der Waals surface area contributed by atoms with E-state index in [9.17, 15) is 9.59 Å². The van der Waals surface area contributed by atoms with Gasteiger partial charge >= 0.3 is 12.0 Å². The number of para-hydroxylation sites is 1. The van der Waals surface area contributed by atoms with Crippen LogP contribution in [0.3, 0.4) is 0 Å². The number of anilines is 1. The fourth-order valence-electron chi connectivity index (χ4n) is 1.79. The minimum atomic E-state index is -1.03. The molecule has 0 radical (unpaired) electrons.